The summed E-state index contributed by atoms with van der Waals surface area (Å²) in [6.45, 7) is 0. The van der Waals surface area contributed by atoms with Crippen molar-refractivity contribution in [3.63, 3.8) is 0 Å². The van der Waals surface area contributed by atoms with Crippen molar-refractivity contribution in [1.29, 1.82) is 0 Å². The number of fused-ring (bicyclic) bond motifs is 2. The number of carbonyl (C=O) groups excluding carboxylic acids is 1. The first-order valence-electron chi connectivity index (χ1n) is 11.2. The zero-order chi connectivity index (χ0) is 23.5. The maximum absolute atomic E-state index is 12.7. The lowest BCUT2D eigenvalue weighted by molar-refractivity contribution is -0.116. The Bertz CT molecular complexity index is 1490. The second-order valence-corrected chi connectivity index (χ2v) is 8.60. The largest absolute Gasteiger partial charge is 0.495 e. The minimum atomic E-state index is -0.0780. The number of aromatic nitrogens is 2. The lowest BCUT2D eigenvalue weighted by Crippen LogP contribution is -2.12. The third kappa shape index (κ3) is 4.47. The molecule has 2 heterocycles. The number of para-hydroxylation sites is 2. The van der Waals surface area contributed by atoms with E-state index in [4.69, 9.17) is 21.3 Å². The van der Waals surface area contributed by atoms with Crippen LogP contribution in [0.4, 0.5) is 5.69 Å². The molecule has 0 aliphatic rings. The zero-order valence-corrected chi connectivity index (χ0v) is 19.5. The highest BCUT2D eigenvalue weighted by molar-refractivity contribution is 6.31. The van der Waals surface area contributed by atoms with Crippen molar-refractivity contribution in [1.82, 2.24) is 9.97 Å². The minimum Gasteiger partial charge on any atom is -0.495 e. The molecule has 34 heavy (non-hydrogen) atoms. The molecule has 0 saturated carbocycles. The predicted molar refractivity (Wildman–Crippen MR) is 139 cm³/mol. The van der Waals surface area contributed by atoms with Gasteiger partial charge in [-0.3, -0.25) is 4.79 Å². The molecule has 5 aromatic rings. The number of hydrogen-bond acceptors (Lipinski definition) is 3. The van der Waals surface area contributed by atoms with E-state index < -0.39 is 0 Å². The monoisotopic (exact) mass is 469 g/mol. The maximum Gasteiger partial charge on any atom is 0.224 e. The van der Waals surface area contributed by atoms with Gasteiger partial charge in [0.25, 0.3) is 0 Å². The van der Waals surface area contributed by atoms with Gasteiger partial charge in [-0.25, -0.2) is 4.98 Å². The van der Waals surface area contributed by atoms with E-state index in [1.54, 1.807) is 25.3 Å². The Kier molecular flexibility index (Phi) is 6.19. The number of H-pyrrole nitrogens is 1. The first-order chi connectivity index (χ1) is 16.6. The smallest absolute Gasteiger partial charge is 0.224 e. The summed E-state index contributed by atoms with van der Waals surface area (Å²) in [5.41, 5.74) is 5.68. The van der Waals surface area contributed by atoms with Crippen molar-refractivity contribution < 1.29 is 9.53 Å². The maximum atomic E-state index is 12.7. The molecule has 5 rings (SSSR count). The minimum absolute atomic E-state index is 0.0780. The molecular formula is C28H24ClN3O2. The molecule has 0 saturated heterocycles. The fourth-order valence-electron chi connectivity index (χ4n) is 4.30. The van der Waals surface area contributed by atoms with Gasteiger partial charge < -0.3 is 15.0 Å². The Morgan fingerprint density at radius 3 is 2.74 bits per heavy atom. The quantitative estimate of drug-likeness (QED) is 0.269. The third-order valence-corrected chi connectivity index (χ3v) is 6.17. The highest BCUT2D eigenvalue weighted by Gasteiger charge is 2.15. The standard InChI is InChI=1S/C28H24ClN3O2/c1-34-26-16-14-19(29)17-25(26)31-27(33)12-6-9-21-20-8-3-5-11-23(20)32-28(21)24-15-13-18-7-2-4-10-22(18)30-24/h2-5,7-8,10-11,13-17,32H,6,9,12H2,1H3,(H,31,33). The number of methoxy groups -OCH3 is 1. The zero-order valence-electron chi connectivity index (χ0n) is 18.8. The van der Waals surface area contributed by atoms with Crippen molar-refractivity contribution in [3.05, 3.63) is 89.4 Å². The number of halogens is 1. The van der Waals surface area contributed by atoms with Crippen molar-refractivity contribution >= 4 is 45.0 Å². The van der Waals surface area contributed by atoms with Crippen LogP contribution in [0.15, 0.2) is 78.9 Å². The lowest BCUT2D eigenvalue weighted by Gasteiger charge is -2.11. The Morgan fingerprint density at radius 1 is 1.03 bits per heavy atom. The van der Waals surface area contributed by atoms with Crippen LogP contribution in [0.1, 0.15) is 18.4 Å². The average Bonchev–Trinajstić information content (AvgIpc) is 3.22. The van der Waals surface area contributed by atoms with Gasteiger partial charge in [0.1, 0.15) is 5.75 Å². The van der Waals surface area contributed by atoms with Gasteiger partial charge >= 0.3 is 0 Å². The number of amides is 1. The topological polar surface area (TPSA) is 67.0 Å². The van der Waals surface area contributed by atoms with Gasteiger partial charge in [0, 0.05) is 27.7 Å². The highest BCUT2D eigenvalue weighted by atomic mass is 35.5. The van der Waals surface area contributed by atoms with E-state index in [1.807, 2.05) is 30.3 Å². The van der Waals surface area contributed by atoms with Crippen molar-refractivity contribution in [3.8, 4) is 17.1 Å². The first-order valence-corrected chi connectivity index (χ1v) is 11.6. The first kappa shape index (κ1) is 22.0. The number of aryl methyl sites for hydroxylation is 1. The summed E-state index contributed by atoms with van der Waals surface area (Å²) in [4.78, 5) is 21.1. The fourth-order valence-corrected chi connectivity index (χ4v) is 4.47. The number of rotatable bonds is 7. The summed E-state index contributed by atoms with van der Waals surface area (Å²) < 4.78 is 5.32. The van der Waals surface area contributed by atoms with Crippen LogP contribution in [-0.2, 0) is 11.2 Å². The fraction of sp³-hybridized carbons (Fsp3) is 0.143. The van der Waals surface area contributed by atoms with Crippen LogP contribution < -0.4 is 10.1 Å². The number of benzene rings is 3. The SMILES string of the molecule is COc1ccc(Cl)cc1NC(=O)CCCc1c(-c2ccc3ccccc3n2)[nH]c2ccccc12. The predicted octanol–water partition coefficient (Wildman–Crippen LogP) is 7.01. The molecule has 0 fully saturated rings. The van der Waals surface area contributed by atoms with Crippen LogP contribution >= 0.6 is 11.6 Å². The molecule has 0 radical (unpaired) electrons. The molecule has 170 valence electrons. The van der Waals surface area contributed by atoms with Gasteiger partial charge in [0.2, 0.25) is 5.91 Å². The number of nitrogens with zero attached hydrogens (tertiary/aromatic N) is 1. The number of nitrogens with one attached hydrogen (secondary N) is 2. The highest BCUT2D eigenvalue weighted by Crippen LogP contribution is 2.32. The van der Waals surface area contributed by atoms with E-state index >= 15 is 0 Å². The normalized spacial score (nSPS) is 11.1. The summed E-state index contributed by atoms with van der Waals surface area (Å²) in [6, 6.07) is 25.7. The van der Waals surface area contributed by atoms with Crippen LogP contribution in [0.2, 0.25) is 5.02 Å². The second-order valence-electron chi connectivity index (χ2n) is 8.16. The van der Waals surface area contributed by atoms with Crippen molar-refractivity contribution in [2.75, 3.05) is 12.4 Å². The van der Waals surface area contributed by atoms with Crippen LogP contribution in [0.25, 0.3) is 33.2 Å². The van der Waals surface area contributed by atoms with Gasteiger partial charge in [-0.1, -0.05) is 54.1 Å². The van der Waals surface area contributed by atoms with Crippen LogP contribution in [-0.4, -0.2) is 23.0 Å². The van der Waals surface area contributed by atoms with E-state index in [0.717, 1.165) is 39.6 Å². The van der Waals surface area contributed by atoms with Gasteiger partial charge in [-0.05, 0) is 54.8 Å². The summed E-state index contributed by atoms with van der Waals surface area (Å²) in [6.07, 6.45) is 1.81. The molecule has 6 heteroatoms. The Labute approximate surface area is 202 Å². The summed E-state index contributed by atoms with van der Waals surface area (Å²) >= 11 is 6.08. The Hall–Kier alpha value is -3.83. The number of anilines is 1. The van der Waals surface area contributed by atoms with Crippen LogP contribution in [0.5, 0.6) is 5.75 Å². The van der Waals surface area contributed by atoms with E-state index in [1.165, 1.54) is 5.56 Å². The summed E-state index contributed by atoms with van der Waals surface area (Å²) in [5, 5.41) is 5.73. The Morgan fingerprint density at radius 2 is 1.85 bits per heavy atom. The molecule has 0 aliphatic carbocycles. The second kappa shape index (κ2) is 9.57. The van der Waals surface area contributed by atoms with Crippen molar-refractivity contribution in [2.24, 2.45) is 0 Å². The van der Waals surface area contributed by atoms with Gasteiger partial charge in [-0.2, -0.15) is 0 Å². The van der Waals surface area contributed by atoms with Crippen LogP contribution in [0.3, 0.4) is 0 Å². The molecule has 0 unspecified atom stereocenters. The van der Waals surface area contributed by atoms with Gasteiger partial charge in [0.05, 0.1) is 29.7 Å². The molecule has 0 spiro atoms. The molecule has 0 aliphatic heterocycles. The number of pyridine rings is 1. The van der Waals surface area contributed by atoms with Gasteiger partial charge in [-0.15, -0.1) is 0 Å². The summed E-state index contributed by atoms with van der Waals surface area (Å²) in [7, 11) is 1.57. The van der Waals surface area contributed by atoms with Crippen LogP contribution in [0, 0.1) is 0 Å². The molecular weight excluding hydrogens is 446 g/mol. The summed E-state index contributed by atoms with van der Waals surface area (Å²) in [5.74, 6) is 0.504. The van der Waals surface area contributed by atoms with E-state index in [0.29, 0.717) is 29.3 Å². The number of carbonyl (C=O) groups is 1. The van der Waals surface area contributed by atoms with Crippen molar-refractivity contribution in [2.45, 2.75) is 19.3 Å². The van der Waals surface area contributed by atoms with E-state index in [9.17, 15) is 4.79 Å². The third-order valence-electron chi connectivity index (χ3n) is 5.93. The van der Waals surface area contributed by atoms with E-state index in [-0.39, 0.29) is 5.91 Å². The molecule has 2 aromatic heterocycles. The molecule has 3 aromatic carbocycles. The molecule has 5 nitrogen and oxygen atoms in total. The molecule has 0 bridgehead atoms. The molecule has 0 atom stereocenters. The number of aromatic amines is 1. The number of ether oxygens (including phenoxy) is 1. The lowest BCUT2D eigenvalue weighted by atomic mass is 10.0. The molecule has 1 amide bonds. The number of hydrogen-bond donors (Lipinski definition) is 2. The molecule has 2 N–H and O–H groups in total. The Balaban J connectivity index is 1.37. The van der Waals surface area contributed by atoms with E-state index in [2.05, 4.69) is 40.6 Å². The average molecular weight is 470 g/mol. The van der Waals surface area contributed by atoms with Gasteiger partial charge in [0.15, 0.2) is 0 Å².